The van der Waals surface area contributed by atoms with Crippen LogP contribution in [0.2, 0.25) is 0 Å². The highest BCUT2D eigenvalue weighted by Crippen LogP contribution is 2.35. The van der Waals surface area contributed by atoms with Gasteiger partial charge in [0.25, 0.3) is 17.7 Å². The molecule has 1 saturated carbocycles. The molecule has 4 fully saturated rings. The first-order chi connectivity index (χ1) is 30.6. The van der Waals surface area contributed by atoms with Gasteiger partial charge in [0.15, 0.2) is 11.5 Å². The molecular formula is C44H53N13O6. The number of carbonyl (C=O) groups excluding carboxylic acids is 6. The van der Waals surface area contributed by atoms with Crippen molar-refractivity contribution in [2.45, 2.75) is 70.0 Å². The number of hydrogen-bond acceptors (Lipinski definition) is 14. The maximum atomic E-state index is 13.2. The zero-order chi connectivity index (χ0) is 43.6. The number of pyridine rings is 1. The van der Waals surface area contributed by atoms with Crippen molar-refractivity contribution in [1.82, 2.24) is 54.7 Å². The number of likely N-dealkylation sites (tertiary alicyclic amines) is 1. The highest BCUT2D eigenvalue weighted by atomic mass is 16.2. The van der Waals surface area contributed by atoms with Crippen molar-refractivity contribution >= 4 is 58.1 Å². The zero-order valence-electron chi connectivity index (χ0n) is 35.4. The Hall–Kier alpha value is -6.34. The number of imide groups is 2. The van der Waals surface area contributed by atoms with Crippen LogP contribution < -0.4 is 21.3 Å². The number of nitrogens with one attached hydrogen (secondary N) is 4. The molecule has 63 heavy (non-hydrogen) atoms. The van der Waals surface area contributed by atoms with Crippen LogP contribution in [0.15, 0.2) is 49.1 Å². The van der Waals surface area contributed by atoms with Gasteiger partial charge >= 0.3 is 0 Å². The first kappa shape index (κ1) is 42.0. The molecule has 0 spiro atoms. The van der Waals surface area contributed by atoms with Crippen LogP contribution in [0.5, 0.6) is 0 Å². The van der Waals surface area contributed by atoms with Gasteiger partial charge in [0.05, 0.1) is 24.0 Å². The van der Waals surface area contributed by atoms with Crippen molar-refractivity contribution in [3.05, 3.63) is 71.6 Å². The van der Waals surface area contributed by atoms with Gasteiger partial charge < -0.3 is 35.2 Å². The maximum absolute atomic E-state index is 13.2. The Labute approximate surface area is 364 Å². The van der Waals surface area contributed by atoms with E-state index in [1.807, 2.05) is 30.3 Å². The molecular weight excluding hydrogens is 807 g/mol. The van der Waals surface area contributed by atoms with Crippen molar-refractivity contribution in [1.29, 1.82) is 0 Å². The molecule has 19 heteroatoms. The van der Waals surface area contributed by atoms with Crippen LogP contribution in [-0.2, 0) is 14.4 Å². The normalized spacial score (nSPS) is 22.2. The van der Waals surface area contributed by atoms with Gasteiger partial charge in [-0.3, -0.25) is 39.0 Å². The number of aromatic nitrogens is 5. The van der Waals surface area contributed by atoms with E-state index >= 15 is 0 Å². The summed E-state index contributed by atoms with van der Waals surface area (Å²) in [6, 6.07) is 9.46. The summed E-state index contributed by atoms with van der Waals surface area (Å²) in [5.74, 6) is -1.11. The number of anilines is 2. The summed E-state index contributed by atoms with van der Waals surface area (Å²) in [7, 11) is 0. The zero-order valence-corrected chi connectivity index (χ0v) is 35.4. The van der Waals surface area contributed by atoms with Crippen LogP contribution in [0.3, 0.4) is 0 Å². The van der Waals surface area contributed by atoms with E-state index in [9.17, 15) is 28.8 Å². The quantitative estimate of drug-likeness (QED) is 0.105. The first-order valence-electron chi connectivity index (χ1n) is 22.1. The van der Waals surface area contributed by atoms with E-state index in [2.05, 4.69) is 55.6 Å². The Morgan fingerprint density at radius 3 is 2.41 bits per heavy atom. The lowest BCUT2D eigenvalue weighted by Gasteiger charge is -2.39. The average molecular weight is 860 g/mol. The van der Waals surface area contributed by atoms with Gasteiger partial charge in [-0.25, -0.2) is 19.9 Å². The monoisotopic (exact) mass is 859 g/mol. The molecule has 330 valence electrons. The molecule has 0 unspecified atom stereocenters. The lowest BCUT2D eigenvalue weighted by Crippen LogP contribution is -2.54. The molecule has 9 rings (SSSR count). The minimum atomic E-state index is -1.02. The van der Waals surface area contributed by atoms with E-state index in [0.29, 0.717) is 30.4 Å². The number of aryl methyl sites for hydroxylation is 1. The van der Waals surface area contributed by atoms with Crippen molar-refractivity contribution in [3.8, 4) is 0 Å². The summed E-state index contributed by atoms with van der Waals surface area (Å²) >= 11 is 0. The fourth-order valence-corrected chi connectivity index (χ4v) is 9.42. The summed E-state index contributed by atoms with van der Waals surface area (Å²) in [5.41, 5.74) is 3.71. The number of benzene rings is 1. The molecule has 1 aromatic carbocycles. The molecule has 0 bridgehead atoms. The van der Waals surface area contributed by atoms with Gasteiger partial charge in [0.2, 0.25) is 17.7 Å². The van der Waals surface area contributed by atoms with Crippen molar-refractivity contribution in [2.24, 2.45) is 5.92 Å². The third kappa shape index (κ3) is 9.11. The molecule has 3 saturated heterocycles. The second kappa shape index (κ2) is 18.2. The first-order valence-corrected chi connectivity index (χ1v) is 22.1. The second-order valence-electron chi connectivity index (χ2n) is 17.3. The van der Waals surface area contributed by atoms with Gasteiger partial charge in [-0.05, 0) is 88.2 Å². The number of fused-ring (bicyclic) bond motifs is 2. The number of amides is 6. The van der Waals surface area contributed by atoms with E-state index in [4.69, 9.17) is 0 Å². The Morgan fingerprint density at radius 2 is 1.63 bits per heavy atom. The Balaban J connectivity index is 0.652. The van der Waals surface area contributed by atoms with Gasteiger partial charge in [-0.15, -0.1) is 0 Å². The molecule has 3 aromatic heterocycles. The molecule has 5 aliphatic rings. The molecule has 4 aromatic rings. The standard InChI is InChI=1S/C44H53N13O6/c1-27-4-2-5-34(50-27)41(60)51-30-20-31(21-30)56-26-49-38-39(47-25-48-40(38)56)45-12-3-13-53-16-18-54(19-17-53)24-28-10-14-55(15-11-28)37(59)23-46-29-6-7-32-33(22-29)44(63)57(43(32)62)35-8-9-36(58)52-42(35)61/h2,4-7,22,25-26,28,30-31,35,46H,3,8-21,23-24H2,1H3,(H,51,60)(H,45,47,48)(H,52,58,61)/t30?,31?,35-/m1/s1. The predicted octanol–water partition coefficient (Wildman–Crippen LogP) is 1.83. The van der Waals surface area contributed by atoms with Gasteiger partial charge in [0, 0.05) is 82.2 Å². The van der Waals surface area contributed by atoms with Crippen LogP contribution in [0.4, 0.5) is 11.5 Å². The molecule has 19 nitrogen and oxygen atoms in total. The van der Waals surface area contributed by atoms with E-state index < -0.39 is 29.7 Å². The number of piperidine rings is 2. The molecule has 1 atom stereocenters. The lowest BCUT2D eigenvalue weighted by atomic mass is 9.86. The SMILES string of the molecule is Cc1cccc(C(=O)NC2CC(n3cnc4c(NCCCN5CCN(CC6CCN(C(=O)CNc7ccc8c(c7)C(=O)N([C@@H]7CCC(=O)NC7=O)C8=O)CC6)CC5)ncnc43)C2)n1. The van der Waals surface area contributed by atoms with Crippen molar-refractivity contribution in [2.75, 3.05) is 76.1 Å². The largest absolute Gasteiger partial charge is 0.376 e. The summed E-state index contributed by atoms with van der Waals surface area (Å²) in [4.78, 5) is 102. The molecule has 0 radical (unpaired) electrons. The molecule has 4 N–H and O–H groups in total. The minimum Gasteiger partial charge on any atom is -0.376 e. The van der Waals surface area contributed by atoms with Gasteiger partial charge in [-0.1, -0.05) is 6.07 Å². The van der Waals surface area contributed by atoms with Crippen LogP contribution in [0.1, 0.15) is 87.9 Å². The van der Waals surface area contributed by atoms with E-state index in [1.54, 1.807) is 24.5 Å². The van der Waals surface area contributed by atoms with Gasteiger partial charge in [0.1, 0.15) is 23.6 Å². The number of imidazole rings is 1. The van der Waals surface area contributed by atoms with E-state index in [1.165, 1.54) is 6.07 Å². The van der Waals surface area contributed by atoms with Gasteiger partial charge in [-0.2, -0.15) is 0 Å². The lowest BCUT2D eigenvalue weighted by molar-refractivity contribution is -0.136. The van der Waals surface area contributed by atoms with Crippen molar-refractivity contribution in [3.63, 3.8) is 0 Å². The molecule has 6 amide bonds. The van der Waals surface area contributed by atoms with E-state index in [-0.39, 0.29) is 54.4 Å². The van der Waals surface area contributed by atoms with E-state index in [0.717, 1.165) is 105 Å². The molecule has 7 heterocycles. The number of piperazine rings is 1. The maximum Gasteiger partial charge on any atom is 0.270 e. The fraction of sp³-hybridized carbons (Fsp3) is 0.500. The Bertz CT molecular complexity index is 2420. The number of rotatable bonds is 14. The fourth-order valence-electron chi connectivity index (χ4n) is 9.42. The van der Waals surface area contributed by atoms with Crippen LogP contribution in [-0.4, -0.2) is 157 Å². The van der Waals surface area contributed by atoms with Crippen molar-refractivity contribution < 1.29 is 28.8 Å². The third-order valence-electron chi connectivity index (χ3n) is 13.1. The highest BCUT2D eigenvalue weighted by Gasteiger charge is 2.44. The molecule has 1 aliphatic carbocycles. The number of nitrogens with zero attached hydrogens (tertiary/aromatic N) is 9. The summed E-state index contributed by atoms with van der Waals surface area (Å²) in [5, 5.41) is 11.9. The molecule has 4 aliphatic heterocycles. The second-order valence-corrected chi connectivity index (χ2v) is 17.3. The number of carbonyl (C=O) groups is 6. The smallest absolute Gasteiger partial charge is 0.270 e. The minimum absolute atomic E-state index is 0.0220. The summed E-state index contributed by atoms with van der Waals surface area (Å²) < 4.78 is 2.09. The third-order valence-corrected chi connectivity index (χ3v) is 13.1. The Kier molecular flexibility index (Phi) is 12.1. The Morgan fingerprint density at radius 1 is 0.857 bits per heavy atom. The topological polar surface area (TPSA) is 220 Å². The predicted molar refractivity (Wildman–Crippen MR) is 231 cm³/mol. The summed E-state index contributed by atoms with van der Waals surface area (Å²) in [6.07, 6.45) is 8.03. The number of hydrogen-bond donors (Lipinski definition) is 4. The average Bonchev–Trinajstić information content (AvgIpc) is 3.81. The van der Waals surface area contributed by atoms with Crippen LogP contribution in [0, 0.1) is 12.8 Å². The summed E-state index contributed by atoms with van der Waals surface area (Å²) in [6.45, 7) is 10.2. The van der Waals surface area contributed by atoms with Crippen LogP contribution in [0.25, 0.3) is 11.2 Å². The highest BCUT2D eigenvalue weighted by molar-refractivity contribution is 6.23. The van der Waals surface area contributed by atoms with Crippen LogP contribution >= 0.6 is 0 Å².